The Kier molecular flexibility index (Phi) is 5.94. The van der Waals surface area contributed by atoms with Crippen LogP contribution in [0.5, 0.6) is 0 Å². The number of aliphatic carboxylic acids is 1. The summed E-state index contributed by atoms with van der Waals surface area (Å²) in [5.74, 6) is -1.15. The van der Waals surface area contributed by atoms with E-state index in [1.165, 1.54) is 12.5 Å². The highest BCUT2D eigenvalue weighted by atomic mass is 32.2. The highest BCUT2D eigenvalue weighted by molar-refractivity contribution is 7.86. The van der Waals surface area contributed by atoms with Gasteiger partial charge in [-0.2, -0.15) is 0 Å². The van der Waals surface area contributed by atoms with Crippen LogP contribution in [0.15, 0.2) is 21.8 Å². The van der Waals surface area contributed by atoms with Crippen LogP contribution in [0, 0.1) is 12.3 Å². The lowest BCUT2D eigenvalue weighted by molar-refractivity contribution is -0.150. The third kappa shape index (κ3) is 3.55. The maximum atomic E-state index is 12.7. The maximum absolute atomic E-state index is 12.7. The van der Waals surface area contributed by atoms with Gasteiger partial charge in [-0.05, 0) is 0 Å². The summed E-state index contributed by atoms with van der Waals surface area (Å²) in [6, 6.07) is -1.25. The third-order valence-electron chi connectivity index (χ3n) is 4.12. The number of fused-ring (bicyclic) bond motifs is 1. The van der Waals surface area contributed by atoms with Gasteiger partial charge in [0, 0.05) is 11.0 Å². The number of oxime groups is 1. The molecule has 1 fully saturated rings. The first-order valence-corrected chi connectivity index (χ1v) is 10.3. The Morgan fingerprint density at radius 2 is 2.30 bits per heavy atom. The summed E-state index contributed by atoms with van der Waals surface area (Å²) in [6.07, 6.45) is 5.68. The number of nitrogens with one attached hydrogen (secondary N) is 2. The van der Waals surface area contributed by atoms with Crippen LogP contribution < -0.4 is 10.6 Å². The smallest absolute Gasteiger partial charge is 0.353 e. The van der Waals surface area contributed by atoms with Crippen molar-refractivity contribution in [2.45, 2.75) is 11.4 Å². The maximum Gasteiger partial charge on any atom is 0.353 e. The second-order valence-electron chi connectivity index (χ2n) is 5.77. The molecule has 0 aliphatic carbocycles. The SMILES string of the molecule is C#CC1=C(C(=O)O)N2C(=O)C(NC(=O)C(=NOC)c3csc(NC=O)n3)[C@@H]2S(=O)C1. The van der Waals surface area contributed by atoms with Crippen LogP contribution in [0.1, 0.15) is 5.69 Å². The van der Waals surface area contributed by atoms with E-state index in [0.717, 1.165) is 16.2 Å². The number of rotatable bonds is 7. The van der Waals surface area contributed by atoms with Crippen molar-refractivity contribution in [3.05, 3.63) is 22.3 Å². The van der Waals surface area contributed by atoms with Gasteiger partial charge in [0.25, 0.3) is 11.8 Å². The first-order valence-electron chi connectivity index (χ1n) is 8.05. The summed E-state index contributed by atoms with van der Waals surface area (Å²) in [5.41, 5.74) is -0.710. The molecule has 2 unspecified atom stereocenters. The summed E-state index contributed by atoms with van der Waals surface area (Å²) in [7, 11) is -0.533. The Balaban J connectivity index is 1.84. The number of carboxylic acid groups (broad SMARTS) is 1. The molecule has 3 heterocycles. The molecule has 3 rings (SSSR count). The largest absolute Gasteiger partial charge is 0.477 e. The van der Waals surface area contributed by atoms with E-state index in [4.69, 9.17) is 6.42 Å². The molecule has 0 spiro atoms. The van der Waals surface area contributed by atoms with Gasteiger partial charge in [-0.15, -0.1) is 17.8 Å². The van der Waals surface area contributed by atoms with Crippen molar-refractivity contribution in [3.63, 3.8) is 0 Å². The Morgan fingerprint density at radius 1 is 1.57 bits per heavy atom. The fourth-order valence-corrected chi connectivity index (χ4v) is 5.15. The predicted molar refractivity (Wildman–Crippen MR) is 104 cm³/mol. The average molecular weight is 451 g/mol. The van der Waals surface area contributed by atoms with E-state index in [0.29, 0.717) is 6.41 Å². The predicted octanol–water partition coefficient (Wildman–Crippen LogP) is -1.55. The Hall–Kier alpha value is -3.57. The second-order valence-corrected chi connectivity index (χ2v) is 8.17. The zero-order chi connectivity index (χ0) is 22.0. The molecular formula is C16H13N5O7S2. The van der Waals surface area contributed by atoms with Crippen molar-refractivity contribution in [1.29, 1.82) is 0 Å². The fourth-order valence-electron chi connectivity index (χ4n) is 2.89. The van der Waals surface area contributed by atoms with Gasteiger partial charge in [0.05, 0.1) is 16.6 Å². The van der Waals surface area contributed by atoms with Gasteiger partial charge >= 0.3 is 5.97 Å². The average Bonchev–Trinajstić information content (AvgIpc) is 3.17. The highest BCUT2D eigenvalue weighted by Gasteiger charge is 2.57. The normalized spacial score (nSPS) is 23.1. The van der Waals surface area contributed by atoms with Gasteiger partial charge in [0.1, 0.15) is 29.9 Å². The summed E-state index contributed by atoms with van der Waals surface area (Å²) in [4.78, 5) is 56.7. The van der Waals surface area contributed by atoms with Crippen LogP contribution in [0.2, 0.25) is 0 Å². The highest BCUT2D eigenvalue weighted by Crippen LogP contribution is 2.34. The third-order valence-corrected chi connectivity index (χ3v) is 6.48. The molecule has 1 saturated heterocycles. The Labute approximate surface area is 175 Å². The zero-order valence-corrected chi connectivity index (χ0v) is 16.8. The van der Waals surface area contributed by atoms with Crippen LogP contribution in [0.4, 0.5) is 5.13 Å². The van der Waals surface area contributed by atoms with Crippen molar-refractivity contribution >= 4 is 57.2 Å². The number of terminal acetylenes is 1. The van der Waals surface area contributed by atoms with Gasteiger partial charge in [0.15, 0.2) is 10.8 Å². The Morgan fingerprint density at radius 3 is 2.90 bits per heavy atom. The molecule has 0 bridgehead atoms. The topological polar surface area (TPSA) is 167 Å². The molecule has 3 amide bonds. The molecule has 0 saturated carbocycles. The number of carbonyl (C=O) groups is 4. The number of thiazole rings is 1. The molecule has 1 aromatic rings. The molecule has 2 aliphatic heterocycles. The number of carbonyl (C=O) groups excluding carboxylic acids is 3. The standard InChI is InChI=1S/C16H13N5O7S2/c1-3-7-5-30(27)14-10(13(24)21(14)11(7)15(25)26)19-12(23)9(20-28-2)8-4-29-16(18-8)17-6-22/h1,4,6,10,14H,5H2,2H3,(H,19,23)(H,25,26)(H,17,18,22)/t10?,14-,30?/m0/s1. The molecule has 3 atom stereocenters. The van der Waals surface area contributed by atoms with Crippen LogP contribution in [0.3, 0.4) is 0 Å². The molecule has 156 valence electrons. The van der Waals surface area contributed by atoms with E-state index in [-0.39, 0.29) is 27.9 Å². The lowest BCUT2D eigenvalue weighted by Crippen LogP contribution is -2.74. The Bertz CT molecular complexity index is 1070. The molecular weight excluding hydrogens is 438 g/mol. The summed E-state index contributed by atoms with van der Waals surface area (Å²) in [5, 5.41) is 18.2. The van der Waals surface area contributed by atoms with E-state index in [1.807, 2.05) is 0 Å². The molecule has 3 N–H and O–H groups in total. The van der Waals surface area contributed by atoms with E-state index < -0.39 is 45.7 Å². The minimum Gasteiger partial charge on any atom is -0.477 e. The van der Waals surface area contributed by atoms with Crippen molar-refractivity contribution in [2.24, 2.45) is 5.16 Å². The minimum absolute atomic E-state index is 0.0606. The van der Waals surface area contributed by atoms with Crippen molar-refractivity contribution < 1.29 is 33.3 Å². The molecule has 14 heteroatoms. The van der Waals surface area contributed by atoms with E-state index in [2.05, 4.69) is 31.5 Å². The van der Waals surface area contributed by atoms with Crippen molar-refractivity contribution in [1.82, 2.24) is 15.2 Å². The second kappa shape index (κ2) is 8.43. The van der Waals surface area contributed by atoms with E-state index in [9.17, 15) is 28.5 Å². The summed E-state index contributed by atoms with van der Waals surface area (Å²) in [6.45, 7) is 0. The zero-order valence-electron chi connectivity index (χ0n) is 15.1. The lowest BCUT2D eigenvalue weighted by atomic mass is 10.0. The number of hydrogen-bond acceptors (Lipinski definition) is 9. The molecule has 0 aromatic carbocycles. The fraction of sp³-hybridized carbons (Fsp3) is 0.250. The first kappa shape index (κ1) is 21.1. The monoisotopic (exact) mass is 451 g/mol. The van der Waals surface area contributed by atoms with Crippen molar-refractivity contribution in [3.8, 4) is 12.3 Å². The minimum atomic E-state index is -1.73. The number of hydrogen-bond donors (Lipinski definition) is 3. The lowest BCUT2D eigenvalue weighted by Gasteiger charge is -2.48. The number of carboxylic acids is 1. The molecule has 1 aromatic heterocycles. The van der Waals surface area contributed by atoms with Gasteiger partial charge in [0.2, 0.25) is 6.41 Å². The number of nitrogens with zero attached hydrogens (tertiary/aromatic N) is 3. The summed E-state index contributed by atoms with van der Waals surface area (Å²) < 4.78 is 12.5. The van der Waals surface area contributed by atoms with Crippen molar-refractivity contribution in [2.75, 3.05) is 18.2 Å². The molecule has 0 radical (unpaired) electrons. The van der Waals surface area contributed by atoms with Crippen LogP contribution >= 0.6 is 11.3 Å². The van der Waals surface area contributed by atoms with Gasteiger partial charge in [-0.1, -0.05) is 11.1 Å². The van der Waals surface area contributed by atoms with Gasteiger partial charge in [-0.3, -0.25) is 23.5 Å². The summed E-state index contributed by atoms with van der Waals surface area (Å²) >= 11 is 1.03. The van der Waals surface area contributed by atoms with Gasteiger partial charge in [-0.25, -0.2) is 9.78 Å². The van der Waals surface area contributed by atoms with E-state index in [1.54, 1.807) is 0 Å². The first-order chi connectivity index (χ1) is 14.3. The molecule has 30 heavy (non-hydrogen) atoms. The molecule has 12 nitrogen and oxygen atoms in total. The quantitative estimate of drug-likeness (QED) is 0.147. The molecule has 2 aliphatic rings. The number of β-lactam (4-membered cyclic amide) rings is 1. The van der Waals surface area contributed by atoms with Crippen LogP contribution in [-0.4, -0.2) is 73.4 Å². The number of anilines is 1. The van der Waals surface area contributed by atoms with Crippen LogP contribution in [-0.2, 0) is 34.8 Å². The number of aromatic nitrogens is 1. The van der Waals surface area contributed by atoms with Crippen LogP contribution in [0.25, 0.3) is 0 Å². The number of amides is 3. The van der Waals surface area contributed by atoms with Gasteiger partial charge < -0.3 is 20.6 Å². The van der Waals surface area contributed by atoms with E-state index >= 15 is 0 Å².